The summed E-state index contributed by atoms with van der Waals surface area (Å²) in [5.41, 5.74) is 1.41. The Bertz CT molecular complexity index is 477. The van der Waals surface area contributed by atoms with Gasteiger partial charge in [-0.05, 0) is 37.5 Å². The quantitative estimate of drug-likeness (QED) is 0.739. The van der Waals surface area contributed by atoms with E-state index in [0.717, 1.165) is 18.4 Å². The summed E-state index contributed by atoms with van der Waals surface area (Å²) in [7, 11) is 1.35. The first kappa shape index (κ1) is 15.0. The Kier molecular flexibility index (Phi) is 5.87. The molecular weight excluding hydrogens is 242 g/mol. The minimum atomic E-state index is -0.613. The van der Waals surface area contributed by atoms with Crippen LogP contribution >= 0.6 is 0 Å². The molecule has 1 atom stereocenters. The van der Waals surface area contributed by atoms with Crippen LogP contribution < -0.4 is 4.74 Å². The van der Waals surface area contributed by atoms with Crippen molar-refractivity contribution in [3.05, 3.63) is 29.3 Å². The normalized spacial score (nSPS) is 11.5. The van der Waals surface area contributed by atoms with Crippen LogP contribution in [0.25, 0.3) is 0 Å². The van der Waals surface area contributed by atoms with Crippen molar-refractivity contribution in [1.82, 2.24) is 0 Å². The zero-order valence-electron chi connectivity index (χ0n) is 11.6. The van der Waals surface area contributed by atoms with Crippen LogP contribution in [0, 0.1) is 18.3 Å². The largest absolute Gasteiger partial charge is 0.478 e. The molecule has 1 aromatic carbocycles. The van der Waals surface area contributed by atoms with Gasteiger partial charge < -0.3 is 9.47 Å². The monoisotopic (exact) mass is 261 g/mol. The number of esters is 1. The molecule has 0 bridgehead atoms. The van der Waals surface area contributed by atoms with Crippen molar-refractivity contribution < 1.29 is 14.3 Å². The molecule has 0 heterocycles. The Balaban J connectivity index is 2.89. The van der Waals surface area contributed by atoms with Gasteiger partial charge in [-0.3, -0.25) is 0 Å². The molecule has 0 aliphatic rings. The Hall–Kier alpha value is -2.02. The fourth-order valence-electron chi connectivity index (χ4n) is 1.70. The number of unbranched alkanes of at least 4 members (excludes halogenated alkanes) is 1. The van der Waals surface area contributed by atoms with Gasteiger partial charge in [-0.25, -0.2) is 4.79 Å². The fourth-order valence-corrected chi connectivity index (χ4v) is 1.70. The third-order valence-electron chi connectivity index (χ3n) is 2.87. The van der Waals surface area contributed by atoms with Crippen LogP contribution in [0.4, 0.5) is 0 Å². The van der Waals surface area contributed by atoms with E-state index in [1.165, 1.54) is 7.11 Å². The van der Waals surface area contributed by atoms with E-state index < -0.39 is 6.10 Å². The predicted octanol–water partition coefficient (Wildman–Crippen LogP) is 2.98. The molecule has 0 N–H and O–H groups in total. The number of hydrogen-bond acceptors (Lipinski definition) is 4. The molecule has 102 valence electrons. The van der Waals surface area contributed by atoms with Gasteiger partial charge in [-0.15, -0.1) is 0 Å². The molecule has 0 aromatic heterocycles. The molecular formula is C15H19NO3. The van der Waals surface area contributed by atoms with Crippen LogP contribution in [-0.2, 0) is 9.53 Å². The Labute approximate surface area is 113 Å². The first-order chi connectivity index (χ1) is 9.12. The summed E-state index contributed by atoms with van der Waals surface area (Å²) in [5.74, 6) is 0.181. The van der Waals surface area contributed by atoms with Gasteiger partial charge in [0.15, 0.2) is 6.10 Å². The fraction of sp³-hybridized carbons (Fsp3) is 0.467. The van der Waals surface area contributed by atoms with Crippen molar-refractivity contribution in [3.8, 4) is 11.8 Å². The van der Waals surface area contributed by atoms with E-state index in [1.807, 2.05) is 13.0 Å². The number of benzene rings is 1. The number of rotatable bonds is 6. The third kappa shape index (κ3) is 4.29. The van der Waals surface area contributed by atoms with Gasteiger partial charge in [0, 0.05) is 0 Å². The highest BCUT2D eigenvalue weighted by atomic mass is 16.6. The number of hydrogen-bond donors (Lipinski definition) is 0. The van der Waals surface area contributed by atoms with Gasteiger partial charge in [0.1, 0.15) is 5.75 Å². The van der Waals surface area contributed by atoms with Gasteiger partial charge in [-0.1, -0.05) is 19.4 Å². The van der Waals surface area contributed by atoms with Crippen molar-refractivity contribution in [3.63, 3.8) is 0 Å². The maximum absolute atomic E-state index is 11.7. The minimum absolute atomic E-state index is 0.379. The summed E-state index contributed by atoms with van der Waals surface area (Å²) in [5, 5.41) is 8.89. The first-order valence-corrected chi connectivity index (χ1v) is 6.37. The molecule has 19 heavy (non-hydrogen) atoms. The van der Waals surface area contributed by atoms with Gasteiger partial charge in [0.05, 0.1) is 18.7 Å². The summed E-state index contributed by atoms with van der Waals surface area (Å²) >= 11 is 0. The second-order valence-electron chi connectivity index (χ2n) is 4.36. The predicted molar refractivity (Wildman–Crippen MR) is 71.9 cm³/mol. The van der Waals surface area contributed by atoms with Crippen LogP contribution in [-0.4, -0.2) is 19.2 Å². The number of ether oxygens (including phenoxy) is 2. The van der Waals surface area contributed by atoms with Crippen LogP contribution in [0.5, 0.6) is 5.75 Å². The Morgan fingerprint density at radius 3 is 2.79 bits per heavy atom. The Morgan fingerprint density at radius 2 is 2.21 bits per heavy atom. The average Bonchev–Trinajstić information content (AvgIpc) is 2.44. The molecule has 4 heteroatoms. The summed E-state index contributed by atoms with van der Waals surface area (Å²) in [6.45, 7) is 3.93. The molecule has 1 unspecified atom stereocenters. The maximum atomic E-state index is 11.7. The standard InChI is InChI=1S/C15H19NO3/c1-4-5-6-13(15(17)18-3)19-14-9-12(10-16)8-7-11(14)2/h7-9,13H,4-6H2,1-3H3. The lowest BCUT2D eigenvalue weighted by molar-refractivity contribution is -0.149. The van der Waals surface area contributed by atoms with Gasteiger partial charge in [0.25, 0.3) is 0 Å². The molecule has 1 aromatic rings. The maximum Gasteiger partial charge on any atom is 0.347 e. The summed E-state index contributed by atoms with van der Waals surface area (Å²) < 4.78 is 10.5. The van der Waals surface area contributed by atoms with Gasteiger partial charge in [0.2, 0.25) is 0 Å². The van der Waals surface area contributed by atoms with Crippen LogP contribution in [0.2, 0.25) is 0 Å². The number of carbonyl (C=O) groups is 1. The van der Waals surface area contributed by atoms with Crippen molar-refractivity contribution in [2.75, 3.05) is 7.11 Å². The van der Waals surface area contributed by atoms with E-state index in [-0.39, 0.29) is 5.97 Å². The van der Waals surface area contributed by atoms with Crippen molar-refractivity contribution in [2.45, 2.75) is 39.2 Å². The van der Waals surface area contributed by atoms with E-state index in [9.17, 15) is 4.79 Å². The summed E-state index contributed by atoms with van der Waals surface area (Å²) in [6, 6.07) is 7.24. The smallest absolute Gasteiger partial charge is 0.347 e. The molecule has 1 rings (SSSR count). The van der Waals surface area contributed by atoms with E-state index in [0.29, 0.717) is 17.7 Å². The number of nitriles is 1. The second kappa shape index (κ2) is 7.42. The van der Waals surface area contributed by atoms with Gasteiger partial charge in [-0.2, -0.15) is 5.26 Å². The van der Waals surface area contributed by atoms with Crippen LogP contribution in [0.3, 0.4) is 0 Å². The lowest BCUT2D eigenvalue weighted by Gasteiger charge is -2.18. The van der Waals surface area contributed by atoms with Crippen LogP contribution in [0.1, 0.15) is 37.3 Å². The highest BCUT2D eigenvalue weighted by Gasteiger charge is 2.21. The molecule has 0 amide bonds. The first-order valence-electron chi connectivity index (χ1n) is 6.37. The molecule has 0 aliphatic carbocycles. The highest BCUT2D eigenvalue weighted by molar-refractivity contribution is 5.75. The lowest BCUT2D eigenvalue weighted by Crippen LogP contribution is -2.28. The van der Waals surface area contributed by atoms with Crippen molar-refractivity contribution in [2.24, 2.45) is 0 Å². The molecule has 0 fully saturated rings. The van der Waals surface area contributed by atoms with E-state index in [2.05, 4.69) is 13.0 Å². The zero-order chi connectivity index (χ0) is 14.3. The second-order valence-corrected chi connectivity index (χ2v) is 4.36. The molecule has 0 radical (unpaired) electrons. The van der Waals surface area contributed by atoms with E-state index in [4.69, 9.17) is 14.7 Å². The SMILES string of the molecule is CCCCC(Oc1cc(C#N)ccc1C)C(=O)OC. The van der Waals surface area contributed by atoms with E-state index in [1.54, 1.807) is 12.1 Å². The highest BCUT2D eigenvalue weighted by Crippen LogP contribution is 2.22. The molecule has 4 nitrogen and oxygen atoms in total. The average molecular weight is 261 g/mol. The molecule has 0 spiro atoms. The zero-order valence-corrected chi connectivity index (χ0v) is 11.6. The van der Waals surface area contributed by atoms with Crippen molar-refractivity contribution >= 4 is 5.97 Å². The summed E-state index contributed by atoms with van der Waals surface area (Å²) in [6.07, 6.45) is 1.86. The number of carbonyl (C=O) groups excluding carboxylic acids is 1. The van der Waals surface area contributed by atoms with Crippen molar-refractivity contribution in [1.29, 1.82) is 5.26 Å². The van der Waals surface area contributed by atoms with Crippen LogP contribution in [0.15, 0.2) is 18.2 Å². The number of aryl methyl sites for hydroxylation is 1. The third-order valence-corrected chi connectivity index (χ3v) is 2.87. The number of methoxy groups -OCH3 is 1. The Morgan fingerprint density at radius 1 is 1.47 bits per heavy atom. The van der Waals surface area contributed by atoms with Gasteiger partial charge >= 0.3 is 5.97 Å². The topological polar surface area (TPSA) is 59.3 Å². The lowest BCUT2D eigenvalue weighted by atomic mass is 10.1. The molecule has 0 aliphatic heterocycles. The molecule has 0 saturated heterocycles. The molecule has 0 saturated carbocycles. The van der Waals surface area contributed by atoms with E-state index >= 15 is 0 Å². The number of nitrogens with zero attached hydrogens (tertiary/aromatic N) is 1. The minimum Gasteiger partial charge on any atom is -0.478 e. The summed E-state index contributed by atoms with van der Waals surface area (Å²) in [4.78, 5) is 11.7.